The molecule has 1 unspecified atom stereocenters. The summed E-state index contributed by atoms with van der Waals surface area (Å²) >= 11 is 0. The Morgan fingerprint density at radius 1 is 1.33 bits per heavy atom. The zero-order valence-electron chi connectivity index (χ0n) is 12.7. The van der Waals surface area contributed by atoms with E-state index in [4.69, 9.17) is 4.74 Å². The van der Waals surface area contributed by atoms with Crippen LogP contribution in [0.1, 0.15) is 37.1 Å². The normalized spacial score (nSPS) is 23.0. The third-order valence-electron chi connectivity index (χ3n) is 4.58. The molecular weight excluding hydrogens is 268 g/mol. The zero-order valence-corrected chi connectivity index (χ0v) is 12.7. The molecule has 0 aromatic carbocycles. The van der Waals surface area contributed by atoms with Crippen LogP contribution in [0.4, 0.5) is 0 Å². The van der Waals surface area contributed by atoms with Crippen LogP contribution in [0, 0.1) is 6.92 Å². The number of aromatic nitrogens is 1. The number of ether oxygens (including phenoxy) is 1. The van der Waals surface area contributed by atoms with Gasteiger partial charge >= 0.3 is 0 Å². The molecule has 0 radical (unpaired) electrons. The summed E-state index contributed by atoms with van der Waals surface area (Å²) in [6.07, 6.45) is 4.74. The molecule has 2 fully saturated rings. The predicted octanol–water partition coefficient (Wildman–Crippen LogP) is 1.64. The molecule has 0 aliphatic carbocycles. The van der Waals surface area contributed by atoms with Crippen LogP contribution in [0.15, 0.2) is 10.9 Å². The summed E-state index contributed by atoms with van der Waals surface area (Å²) in [5.74, 6) is -0.0921. The molecule has 0 bridgehead atoms. The van der Waals surface area contributed by atoms with Crippen LogP contribution in [0.2, 0.25) is 0 Å². The highest BCUT2D eigenvalue weighted by atomic mass is 16.5. The van der Waals surface area contributed by atoms with Crippen LogP contribution in [0.5, 0.6) is 5.75 Å². The van der Waals surface area contributed by atoms with E-state index in [2.05, 4.69) is 9.47 Å². The lowest BCUT2D eigenvalue weighted by molar-refractivity contribution is 0.0947. The average molecular weight is 292 g/mol. The van der Waals surface area contributed by atoms with E-state index in [-0.39, 0.29) is 17.3 Å². The topological polar surface area (TPSA) is 54.7 Å². The Labute approximate surface area is 125 Å². The van der Waals surface area contributed by atoms with Gasteiger partial charge in [0.25, 0.3) is 0 Å². The minimum absolute atomic E-state index is 0.0921. The van der Waals surface area contributed by atoms with Gasteiger partial charge in [-0.3, -0.25) is 9.69 Å². The van der Waals surface area contributed by atoms with E-state index in [0.29, 0.717) is 6.54 Å². The molecule has 116 valence electrons. The van der Waals surface area contributed by atoms with Gasteiger partial charge in [-0.1, -0.05) is 0 Å². The van der Waals surface area contributed by atoms with E-state index in [1.165, 1.54) is 18.9 Å². The lowest BCUT2D eigenvalue weighted by atomic mass is 10.2. The SMILES string of the molecule is Cc1cc(=O)c(O)c(CN2CCCC2)n1CC1CCCO1. The molecule has 0 saturated carbocycles. The fraction of sp³-hybridized carbons (Fsp3) is 0.688. The van der Waals surface area contributed by atoms with Crippen molar-refractivity contribution < 1.29 is 9.84 Å². The molecule has 1 aromatic rings. The van der Waals surface area contributed by atoms with Gasteiger partial charge in [-0.25, -0.2) is 0 Å². The summed E-state index contributed by atoms with van der Waals surface area (Å²) in [5.41, 5.74) is 1.38. The maximum Gasteiger partial charge on any atom is 0.223 e. The Kier molecular flexibility index (Phi) is 4.31. The second-order valence-corrected chi connectivity index (χ2v) is 6.17. The van der Waals surface area contributed by atoms with Gasteiger partial charge < -0.3 is 14.4 Å². The molecule has 5 nitrogen and oxygen atoms in total. The first-order chi connectivity index (χ1) is 10.1. The summed E-state index contributed by atoms with van der Waals surface area (Å²) < 4.78 is 7.79. The number of aromatic hydroxyl groups is 1. The monoisotopic (exact) mass is 292 g/mol. The van der Waals surface area contributed by atoms with Crippen molar-refractivity contribution in [2.45, 2.75) is 51.8 Å². The highest BCUT2D eigenvalue weighted by Gasteiger charge is 2.22. The van der Waals surface area contributed by atoms with Gasteiger partial charge in [0.05, 0.1) is 11.8 Å². The molecule has 2 saturated heterocycles. The van der Waals surface area contributed by atoms with E-state index < -0.39 is 0 Å². The van der Waals surface area contributed by atoms with Gasteiger partial charge in [0.2, 0.25) is 5.43 Å². The smallest absolute Gasteiger partial charge is 0.223 e. The largest absolute Gasteiger partial charge is 0.503 e. The molecule has 21 heavy (non-hydrogen) atoms. The Balaban J connectivity index is 1.91. The Morgan fingerprint density at radius 2 is 2.10 bits per heavy atom. The van der Waals surface area contributed by atoms with Crippen molar-refractivity contribution in [1.82, 2.24) is 9.47 Å². The molecule has 3 rings (SSSR count). The summed E-state index contributed by atoms with van der Waals surface area (Å²) in [5, 5.41) is 10.2. The fourth-order valence-electron chi connectivity index (χ4n) is 3.38. The highest BCUT2D eigenvalue weighted by molar-refractivity contribution is 5.30. The fourth-order valence-corrected chi connectivity index (χ4v) is 3.38. The van der Waals surface area contributed by atoms with Crippen molar-refractivity contribution >= 4 is 0 Å². The summed E-state index contributed by atoms with van der Waals surface area (Å²) in [6, 6.07) is 1.53. The lowest BCUT2D eigenvalue weighted by Crippen LogP contribution is -2.27. The van der Waals surface area contributed by atoms with Gasteiger partial charge in [-0.2, -0.15) is 0 Å². The van der Waals surface area contributed by atoms with Gasteiger partial charge in [-0.15, -0.1) is 0 Å². The van der Waals surface area contributed by atoms with E-state index >= 15 is 0 Å². The first-order valence-electron chi connectivity index (χ1n) is 7.91. The minimum Gasteiger partial charge on any atom is -0.503 e. The van der Waals surface area contributed by atoms with Crippen molar-refractivity contribution in [3.63, 3.8) is 0 Å². The van der Waals surface area contributed by atoms with Crippen LogP contribution in [-0.4, -0.2) is 40.4 Å². The molecule has 0 spiro atoms. The minimum atomic E-state index is -0.273. The zero-order chi connectivity index (χ0) is 14.8. The number of nitrogens with zero attached hydrogens (tertiary/aromatic N) is 2. The van der Waals surface area contributed by atoms with Crippen molar-refractivity contribution in [3.05, 3.63) is 27.7 Å². The Bertz CT molecular complexity index is 555. The van der Waals surface area contributed by atoms with Gasteiger partial charge in [-0.05, 0) is 45.7 Å². The van der Waals surface area contributed by atoms with Crippen LogP contribution in [0.25, 0.3) is 0 Å². The maximum absolute atomic E-state index is 11.9. The highest BCUT2D eigenvalue weighted by Crippen LogP contribution is 2.22. The number of hydrogen-bond donors (Lipinski definition) is 1. The standard InChI is InChI=1S/C16H24N2O3/c1-12-9-15(19)16(20)14(11-17-6-2-3-7-17)18(12)10-13-5-4-8-21-13/h9,13,20H,2-8,10-11H2,1H3. The molecule has 5 heteroatoms. The van der Waals surface area contributed by atoms with Crippen LogP contribution < -0.4 is 5.43 Å². The number of pyridine rings is 1. The summed E-state index contributed by atoms with van der Waals surface area (Å²) in [7, 11) is 0. The van der Waals surface area contributed by atoms with Crippen molar-refractivity contribution in [2.75, 3.05) is 19.7 Å². The van der Waals surface area contributed by atoms with Crippen molar-refractivity contribution in [1.29, 1.82) is 0 Å². The van der Waals surface area contributed by atoms with E-state index in [0.717, 1.165) is 50.5 Å². The quantitative estimate of drug-likeness (QED) is 0.916. The number of likely N-dealkylation sites (tertiary alicyclic amines) is 1. The first kappa shape index (κ1) is 14.6. The van der Waals surface area contributed by atoms with E-state index in [1.807, 2.05) is 6.92 Å². The van der Waals surface area contributed by atoms with Crippen LogP contribution in [-0.2, 0) is 17.8 Å². The molecule has 2 aliphatic heterocycles. The molecule has 0 amide bonds. The second-order valence-electron chi connectivity index (χ2n) is 6.17. The first-order valence-corrected chi connectivity index (χ1v) is 7.91. The third-order valence-corrected chi connectivity index (χ3v) is 4.58. The number of hydrogen-bond acceptors (Lipinski definition) is 4. The molecule has 1 N–H and O–H groups in total. The Morgan fingerprint density at radius 3 is 2.76 bits per heavy atom. The molecule has 1 atom stereocenters. The molecule has 2 aliphatic rings. The molecular formula is C16H24N2O3. The number of rotatable bonds is 4. The van der Waals surface area contributed by atoms with Crippen LogP contribution >= 0.6 is 0 Å². The van der Waals surface area contributed by atoms with Gasteiger partial charge in [0.1, 0.15) is 0 Å². The summed E-state index contributed by atoms with van der Waals surface area (Å²) in [4.78, 5) is 14.2. The lowest BCUT2D eigenvalue weighted by Gasteiger charge is -2.24. The van der Waals surface area contributed by atoms with Gasteiger partial charge in [0.15, 0.2) is 5.75 Å². The van der Waals surface area contributed by atoms with Crippen molar-refractivity contribution in [3.8, 4) is 5.75 Å². The van der Waals surface area contributed by atoms with Crippen molar-refractivity contribution in [2.24, 2.45) is 0 Å². The molecule has 1 aromatic heterocycles. The van der Waals surface area contributed by atoms with E-state index in [1.54, 1.807) is 0 Å². The second kappa shape index (κ2) is 6.20. The van der Waals surface area contributed by atoms with Crippen LogP contribution in [0.3, 0.4) is 0 Å². The average Bonchev–Trinajstić information content (AvgIpc) is 3.13. The Hall–Kier alpha value is -1.33. The van der Waals surface area contributed by atoms with E-state index in [9.17, 15) is 9.90 Å². The van der Waals surface area contributed by atoms with Gasteiger partial charge in [0, 0.05) is 31.5 Å². The summed E-state index contributed by atoms with van der Waals surface area (Å²) in [6.45, 7) is 6.21. The predicted molar refractivity (Wildman–Crippen MR) is 80.6 cm³/mol. The third kappa shape index (κ3) is 3.14. The number of aryl methyl sites for hydroxylation is 1. The maximum atomic E-state index is 11.9. The molecule has 3 heterocycles.